The van der Waals surface area contributed by atoms with Crippen LogP contribution < -0.4 is 25.4 Å². The first-order chi connectivity index (χ1) is 20.8. The molecule has 1 aliphatic rings. The third-order valence-electron chi connectivity index (χ3n) is 6.29. The van der Waals surface area contributed by atoms with Crippen LogP contribution in [0.4, 0.5) is 11.4 Å². The molecule has 3 N–H and O–H groups in total. The Morgan fingerprint density at radius 2 is 1.53 bits per heavy atom. The molecule has 0 radical (unpaired) electrons. The van der Waals surface area contributed by atoms with E-state index in [9.17, 15) is 14.4 Å². The minimum atomic E-state index is -0.487. The van der Waals surface area contributed by atoms with Gasteiger partial charge >= 0.3 is 0 Å². The minimum absolute atomic E-state index is 0.0846. The summed E-state index contributed by atoms with van der Waals surface area (Å²) in [4.78, 5) is 40.0. The Bertz CT molecular complexity index is 1660. The number of carbonyl (C=O) groups excluding carboxylic acids is 3. The number of fused-ring (bicyclic) bond motifs is 1. The third-order valence-corrected chi connectivity index (χ3v) is 7.92. The molecule has 43 heavy (non-hydrogen) atoms. The molecule has 1 heterocycles. The quantitative estimate of drug-likeness (QED) is 0.136. The van der Waals surface area contributed by atoms with Crippen LogP contribution in [0.1, 0.15) is 22.8 Å². The molecule has 1 atom stereocenters. The number of hydrogen-bond acceptors (Lipinski definition) is 6. The second-order valence-corrected chi connectivity index (χ2v) is 11.8. The number of carbonyl (C=O) groups is 3. The highest BCUT2D eigenvalue weighted by Crippen LogP contribution is 2.33. The van der Waals surface area contributed by atoms with Crippen molar-refractivity contribution in [1.29, 1.82) is 0 Å². The van der Waals surface area contributed by atoms with E-state index in [2.05, 4.69) is 31.9 Å². The number of nitrogens with one attached hydrogen (secondary N) is 3. The zero-order valence-corrected chi connectivity index (χ0v) is 25.5. The lowest BCUT2D eigenvalue weighted by Crippen LogP contribution is -2.30. The summed E-state index contributed by atoms with van der Waals surface area (Å²) in [5.41, 5.74) is 2.39. The SMILES string of the molecule is CC(Sc1cccc(NC(=O)/C(=C/c2ccc(Br)cc2)NC(=O)c2ccccc2)c1)C(=O)Nc1ccc2c(c1)OCCO2. The van der Waals surface area contributed by atoms with Crippen molar-refractivity contribution in [1.82, 2.24) is 5.32 Å². The fraction of sp³-hybridized carbons (Fsp3) is 0.121. The van der Waals surface area contributed by atoms with Gasteiger partial charge in [-0.15, -0.1) is 11.8 Å². The summed E-state index contributed by atoms with van der Waals surface area (Å²) < 4.78 is 12.0. The van der Waals surface area contributed by atoms with E-state index in [-0.39, 0.29) is 11.6 Å². The first-order valence-corrected chi connectivity index (χ1v) is 15.1. The summed E-state index contributed by atoms with van der Waals surface area (Å²) in [6, 6.07) is 28.5. The van der Waals surface area contributed by atoms with E-state index in [1.165, 1.54) is 11.8 Å². The molecule has 218 valence electrons. The van der Waals surface area contributed by atoms with Crippen molar-refractivity contribution in [3.63, 3.8) is 0 Å². The minimum Gasteiger partial charge on any atom is -0.486 e. The predicted molar refractivity (Wildman–Crippen MR) is 172 cm³/mol. The average molecular weight is 659 g/mol. The number of benzene rings is 4. The van der Waals surface area contributed by atoms with Crippen molar-refractivity contribution in [3.8, 4) is 11.5 Å². The number of amides is 3. The van der Waals surface area contributed by atoms with Gasteiger partial charge in [0.2, 0.25) is 5.91 Å². The topological polar surface area (TPSA) is 106 Å². The van der Waals surface area contributed by atoms with Gasteiger partial charge in [-0.05, 0) is 73.2 Å². The molecule has 1 unspecified atom stereocenters. The van der Waals surface area contributed by atoms with Crippen molar-refractivity contribution in [2.45, 2.75) is 17.1 Å². The van der Waals surface area contributed by atoms with Gasteiger partial charge < -0.3 is 25.4 Å². The van der Waals surface area contributed by atoms with Crippen molar-refractivity contribution in [3.05, 3.63) is 118 Å². The average Bonchev–Trinajstić information content (AvgIpc) is 3.02. The number of anilines is 2. The van der Waals surface area contributed by atoms with E-state index in [1.807, 2.05) is 36.4 Å². The first-order valence-electron chi connectivity index (χ1n) is 13.5. The van der Waals surface area contributed by atoms with Crippen LogP contribution in [-0.2, 0) is 9.59 Å². The highest BCUT2D eigenvalue weighted by Gasteiger charge is 2.19. The van der Waals surface area contributed by atoms with Gasteiger partial charge in [0.15, 0.2) is 11.5 Å². The van der Waals surface area contributed by atoms with E-state index >= 15 is 0 Å². The molecule has 4 aromatic carbocycles. The number of hydrogen-bond donors (Lipinski definition) is 3. The molecule has 5 rings (SSSR count). The molecule has 0 aliphatic carbocycles. The molecule has 0 saturated carbocycles. The molecule has 10 heteroatoms. The first kappa shape index (κ1) is 29.9. The largest absolute Gasteiger partial charge is 0.486 e. The van der Waals surface area contributed by atoms with E-state index in [0.717, 1.165) is 14.9 Å². The Morgan fingerprint density at radius 1 is 0.814 bits per heavy atom. The Balaban J connectivity index is 1.26. The lowest BCUT2D eigenvalue weighted by Gasteiger charge is -2.19. The fourth-order valence-electron chi connectivity index (χ4n) is 4.14. The number of thioether (sulfide) groups is 1. The van der Waals surface area contributed by atoms with E-state index in [4.69, 9.17) is 9.47 Å². The summed E-state index contributed by atoms with van der Waals surface area (Å²) in [5.74, 6) is 0.181. The Labute approximate surface area is 262 Å². The van der Waals surface area contributed by atoms with Gasteiger partial charge in [0.05, 0.1) is 5.25 Å². The Morgan fingerprint density at radius 3 is 2.30 bits per heavy atom. The molecule has 0 fully saturated rings. The molecule has 1 aliphatic heterocycles. The maximum Gasteiger partial charge on any atom is 0.272 e. The van der Waals surface area contributed by atoms with Crippen LogP contribution in [0.15, 0.2) is 112 Å². The highest BCUT2D eigenvalue weighted by molar-refractivity contribution is 9.10. The monoisotopic (exact) mass is 657 g/mol. The summed E-state index contributed by atoms with van der Waals surface area (Å²) in [5, 5.41) is 8.10. The Kier molecular flexibility index (Phi) is 9.81. The Hall–Kier alpha value is -4.54. The van der Waals surface area contributed by atoms with Gasteiger partial charge in [-0.2, -0.15) is 0 Å². The van der Waals surface area contributed by atoms with Crippen molar-refractivity contribution >= 4 is 62.9 Å². The highest BCUT2D eigenvalue weighted by atomic mass is 79.9. The zero-order chi connectivity index (χ0) is 30.2. The third kappa shape index (κ3) is 8.27. The van der Waals surface area contributed by atoms with E-state index < -0.39 is 17.1 Å². The standard InChI is InChI=1S/C33H28BrN3O5S/c1-21(31(38)35-26-14-15-29-30(20-26)42-17-16-41-29)43-27-9-5-8-25(19-27)36-33(40)28(18-22-10-12-24(34)13-11-22)37-32(39)23-6-3-2-4-7-23/h2-15,18-21H,16-17H2,1H3,(H,35,38)(H,36,40)(H,37,39)/b28-18-. The second kappa shape index (κ2) is 14.1. The van der Waals surface area contributed by atoms with Gasteiger partial charge in [-0.1, -0.05) is 52.3 Å². The van der Waals surface area contributed by atoms with Crippen LogP contribution in [0.5, 0.6) is 11.5 Å². The van der Waals surface area contributed by atoms with Crippen LogP contribution in [0.25, 0.3) is 6.08 Å². The van der Waals surface area contributed by atoms with Crippen molar-refractivity contribution in [2.24, 2.45) is 0 Å². The lowest BCUT2D eigenvalue weighted by molar-refractivity contribution is -0.115. The molecular weight excluding hydrogens is 630 g/mol. The number of halogens is 1. The van der Waals surface area contributed by atoms with Gasteiger partial charge in [0.1, 0.15) is 18.9 Å². The van der Waals surface area contributed by atoms with Crippen LogP contribution in [0, 0.1) is 0 Å². The van der Waals surface area contributed by atoms with Crippen LogP contribution in [-0.4, -0.2) is 36.2 Å². The normalized spacial score (nSPS) is 13.0. The molecule has 8 nitrogen and oxygen atoms in total. The predicted octanol–water partition coefficient (Wildman–Crippen LogP) is 6.75. The summed E-state index contributed by atoms with van der Waals surface area (Å²) >= 11 is 4.76. The molecule has 0 saturated heterocycles. The fourth-order valence-corrected chi connectivity index (χ4v) is 5.33. The molecule has 0 spiro atoms. The molecule has 4 aromatic rings. The zero-order valence-electron chi connectivity index (χ0n) is 23.1. The van der Waals surface area contributed by atoms with Gasteiger partial charge in [-0.25, -0.2) is 0 Å². The lowest BCUT2D eigenvalue weighted by atomic mass is 10.1. The second-order valence-electron chi connectivity index (χ2n) is 9.52. The molecule has 0 bridgehead atoms. The number of rotatable bonds is 9. The molecular formula is C33H28BrN3O5S. The van der Waals surface area contributed by atoms with Gasteiger partial charge in [0, 0.05) is 32.4 Å². The number of ether oxygens (including phenoxy) is 2. The maximum atomic E-state index is 13.4. The van der Waals surface area contributed by atoms with Crippen LogP contribution >= 0.6 is 27.7 Å². The van der Waals surface area contributed by atoms with Crippen molar-refractivity contribution < 1.29 is 23.9 Å². The van der Waals surface area contributed by atoms with Gasteiger partial charge in [0.25, 0.3) is 11.8 Å². The summed E-state index contributed by atoms with van der Waals surface area (Å²) in [6.07, 6.45) is 1.62. The molecule has 3 amide bonds. The van der Waals surface area contributed by atoms with E-state index in [1.54, 1.807) is 73.7 Å². The van der Waals surface area contributed by atoms with Crippen LogP contribution in [0.3, 0.4) is 0 Å². The smallest absolute Gasteiger partial charge is 0.272 e. The maximum absolute atomic E-state index is 13.4. The van der Waals surface area contributed by atoms with Crippen molar-refractivity contribution in [2.75, 3.05) is 23.8 Å². The summed E-state index contributed by atoms with van der Waals surface area (Å²) in [6.45, 7) is 2.77. The van der Waals surface area contributed by atoms with Gasteiger partial charge in [-0.3, -0.25) is 14.4 Å². The van der Waals surface area contributed by atoms with E-state index in [0.29, 0.717) is 41.7 Å². The molecule has 0 aromatic heterocycles. The van der Waals surface area contributed by atoms with Crippen LogP contribution in [0.2, 0.25) is 0 Å². The summed E-state index contributed by atoms with van der Waals surface area (Å²) in [7, 11) is 0.